The zero-order chi connectivity index (χ0) is 22.8. The molecule has 0 bridgehead atoms. The molecule has 0 aliphatic heterocycles. The van der Waals surface area contributed by atoms with Crippen molar-refractivity contribution in [3.63, 3.8) is 0 Å². The molecule has 2 aromatic carbocycles. The molecule has 0 aliphatic rings. The van der Waals surface area contributed by atoms with E-state index in [1.165, 1.54) is 27.5 Å². The molecule has 0 aliphatic carbocycles. The highest BCUT2D eigenvalue weighted by Crippen LogP contribution is 2.27. The zero-order valence-corrected chi connectivity index (χ0v) is 18.4. The van der Waals surface area contributed by atoms with E-state index >= 15 is 0 Å². The number of rotatable bonds is 6. The molecule has 0 amide bonds. The summed E-state index contributed by atoms with van der Waals surface area (Å²) in [5.41, 5.74) is 1.49. The van der Waals surface area contributed by atoms with Crippen LogP contribution >= 0.6 is 15.9 Å². The van der Waals surface area contributed by atoms with Crippen LogP contribution in [0, 0.1) is 0 Å². The third-order valence-corrected chi connectivity index (χ3v) is 5.22. The van der Waals surface area contributed by atoms with Gasteiger partial charge in [0.05, 0.1) is 16.4 Å². The molecule has 164 valence electrons. The quantitative estimate of drug-likeness (QED) is 0.255. The molecule has 0 fully saturated rings. The molecular weight excluding hydrogens is 480 g/mol. The second-order valence-corrected chi connectivity index (χ2v) is 7.81. The van der Waals surface area contributed by atoms with Gasteiger partial charge in [0.15, 0.2) is 11.5 Å². The van der Waals surface area contributed by atoms with Crippen LogP contribution in [-0.2, 0) is 13.6 Å². The second-order valence-electron chi connectivity index (χ2n) is 6.96. The van der Waals surface area contributed by atoms with Crippen molar-refractivity contribution < 1.29 is 15.3 Å². The molecule has 4 aromatic rings. The van der Waals surface area contributed by atoms with Crippen molar-refractivity contribution in [2.75, 3.05) is 10.6 Å². The monoisotopic (exact) mass is 498 g/mol. The fourth-order valence-corrected chi connectivity index (χ4v) is 3.38. The maximum Gasteiger partial charge on any atom is 0.335 e. The van der Waals surface area contributed by atoms with Gasteiger partial charge >= 0.3 is 5.69 Å². The first kappa shape index (κ1) is 21.2. The average Bonchev–Trinajstić information content (AvgIpc) is 3.02. The van der Waals surface area contributed by atoms with E-state index in [1.807, 2.05) is 0 Å². The van der Waals surface area contributed by atoms with Crippen LogP contribution < -0.4 is 16.3 Å². The summed E-state index contributed by atoms with van der Waals surface area (Å²) >= 11 is 3.40. The van der Waals surface area contributed by atoms with E-state index < -0.39 is 0 Å². The summed E-state index contributed by atoms with van der Waals surface area (Å²) in [6.07, 6.45) is 2.93. The van der Waals surface area contributed by atoms with Gasteiger partial charge < -0.3 is 26.0 Å². The molecule has 0 saturated carbocycles. The minimum Gasteiger partial charge on any atom is -0.504 e. The van der Waals surface area contributed by atoms with E-state index in [2.05, 4.69) is 36.5 Å². The van der Waals surface area contributed by atoms with E-state index in [4.69, 9.17) is 0 Å². The smallest absolute Gasteiger partial charge is 0.335 e. The van der Waals surface area contributed by atoms with Gasteiger partial charge in [0.2, 0.25) is 11.8 Å². The number of nitrogens with one attached hydrogen (secondary N) is 2. The predicted molar refractivity (Wildman–Crippen MR) is 123 cm³/mol. The van der Waals surface area contributed by atoms with Crippen LogP contribution in [0.15, 0.2) is 64.1 Å². The Morgan fingerprint density at radius 1 is 1.09 bits per heavy atom. The van der Waals surface area contributed by atoms with Crippen molar-refractivity contribution >= 4 is 33.4 Å². The molecule has 32 heavy (non-hydrogen) atoms. The summed E-state index contributed by atoms with van der Waals surface area (Å²) in [5, 5.41) is 35.4. The Bertz CT molecular complexity index is 1350. The van der Waals surface area contributed by atoms with Gasteiger partial charge in [-0.05, 0) is 51.8 Å². The number of benzene rings is 2. The highest BCUT2D eigenvalue weighted by atomic mass is 79.9. The Labute approximate surface area is 190 Å². The van der Waals surface area contributed by atoms with Crippen molar-refractivity contribution in [2.24, 2.45) is 7.05 Å². The standard InChI is InChI=1S/C21H19BrN6O4/c1-27-11-18(31)28(21(27)32)14-4-2-3-13(8-14)25-20-24-10-15(22)19(26-20)23-9-12-5-6-16(29)17(30)7-12/h2-8,10-11,29-31H,9H2,1H3,(H2,23,24,25,26). The third kappa shape index (κ3) is 4.37. The first-order valence-electron chi connectivity index (χ1n) is 9.44. The van der Waals surface area contributed by atoms with Crippen LogP contribution in [-0.4, -0.2) is 34.4 Å². The number of aromatic nitrogens is 4. The molecule has 2 aromatic heterocycles. The number of phenolic OH excluding ortho intramolecular Hbond substituents is 2. The van der Waals surface area contributed by atoms with E-state index in [9.17, 15) is 20.1 Å². The maximum atomic E-state index is 12.2. The number of aryl methyl sites for hydroxylation is 1. The second kappa shape index (κ2) is 8.63. The summed E-state index contributed by atoms with van der Waals surface area (Å²) in [6, 6.07) is 11.5. The fraction of sp³-hybridized carbons (Fsp3) is 0.0952. The number of hydrogen-bond donors (Lipinski definition) is 5. The third-order valence-electron chi connectivity index (χ3n) is 4.64. The van der Waals surface area contributed by atoms with Crippen LogP contribution in [0.5, 0.6) is 17.4 Å². The summed E-state index contributed by atoms with van der Waals surface area (Å²) in [5.74, 6) is 0.282. The molecule has 0 unspecified atom stereocenters. The van der Waals surface area contributed by atoms with E-state index in [0.717, 1.165) is 5.56 Å². The number of halogens is 1. The highest BCUT2D eigenvalue weighted by Gasteiger charge is 2.11. The van der Waals surface area contributed by atoms with E-state index in [0.29, 0.717) is 34.2 Å². The lowest BCUT2D eigenvalue weighted by Crippen LogP contribution is -2.20. The van der Waals surface area contributed by atoms with E-state index in [-0.39, 0.29) is 23.1 Å². The molecular formula is C21H19BrN6O4. The number of phenols is 2. The first-order chi connectivity index (χ1) is 15.3. The summed E-state index contributed by atoms with van der Waals surface area (Å²) < 4.78 is 3.12. The zero-order valence-electron chi connectivity index (χ0n) is 16.8. The van der Waals surface area contributed by atoms with Gasteiger partial charge in [0.1, 0.15) is 5.82 Å². The van der Waals surface area contributed by atoms with Crippen molar-refractivity contribution in [3.8, 4) is 23.1 Å². The molecule has 0 atom stereocenters. The molecule has 0 saturated heterocycles. The van der Waals surface area contributed by atoms with Gasteiger partial charge in [0, 0.05) is 25.5 Å². The summed E-state index contributed by atoms with van der Waals surface area (Å²) in [7, 11) is 1.56. The number of imidazole rings is 1. The van der Waals surface area contributed by atoms with Crippen LogP contribution in [0.25, 0.3) is 5.69 Å². The Kier molecular flexibility index (Phi) is 5.73. The summed E-state index contributed by atoms with van der Waals surface area (Å²) in [6.45, 7) is 0.356. The largest absolute Gasteiger partial charge is 0.504 e. The normalized spacial score (nSPS) is 10.8. The number of nitrogens with zero attached hydrogens (tertiary/aromatic N) is 4. The van der Waals surface area contributed by atoms with Crippen LogP contribution in [0.3, 0.4) is 0 Å². The molecule has 0 spiro atoms. The SMILES string of the molecule is Cn1cc(O)n(-c2cccc(Nc3ncc(Br)c(NCc4ccc(O)c(O)c4)n3)c2)c1=O. The Morgan fingerprint density at radius 2 is 1.91 bits per heavy atom. The van der Waals surface area contributed by atoms with Gasteiger partial charge in [-0.25, -0.2) is 14.3 Å². The van der Waals surface area contributed by atoms with E-state index in [1.54, 1.807) is 43.6 Å². The fourth-order valence-electron chi connectivity index (χ4n) is 3.05. The molecule has 2 heterocycles. The van der Waals surface area contributed by atoms with Crippen molar-refractivity contribution in [2.45, 2.75) is 6.54 Å². The lowest BCUT2D eigenvalue weighted by Gasteiger charge is -2.11. The Morgan fingerprint density at radius 3 is 2.62 bits per heavy atom. The van der Waals surface area contributed by atoms with Gasteiger partial charge in [-0.2, -0.15) is 4.98 Å². The van der Waals surface area contributed by atoms with Crippen molar-refractivity contribution in [1.29, 1.82) is 0 Å². The lowest BCUT2D eigenvalue weighted by molar-refractivity contribution is 0.403. The van der Waals surface area contributed by atoms with Crippen molar-refractivity contribution in [3.05, 3.63) is 75.4 Å². The van der Waals surface area contributed by atoms with Crippen molar-refractivity contribution in [1.82, 2.24) is 19.1 Å². The average molecular weight is 499 g/mol. The summed E-state index contributed by atoms with van der Waals surface area (Å²) in [4.78, 5) is 21.0. The molecule has 11 heteroatoms. The molecule has 0 radical (unpaired) electrons. The Hall–Kier alpha value is -3.99. The number of anilines is 3. The van der Waals surface area contributed by atoms with Crippen LogP contribution in [0.2, 0.25) is 0 Å². The molecule has 10 nitrogen and oxygen atoms in total. The molecule has 4 rings (SSSR count). The number of aromatic hydroxyl groups is 3. The predicted octanol–water partition coefficient (Wildman–Crippen LogP) is 3.20. The maximum absolute atomic E-state index is 12.2. The van der Waals surface area contributed by atoms with Crippen LogP contribution in [0.4, 0.5) is 17.5 Å². The van der Waals surface area contributed by atoms with Gasteiger partial charge in [-0.1, -0.05) is 12.1 Å². The molecule has 5 N–H and O–H groups in total. The minimum atomic E-state index is -0.369. The van der Waals surface area contributed by atoms with Crippen LogP contribution in [0.1, 0.15) is 5.56 Å². The first-order valence-corrected chi connectivity index (χ1v) is 10.2. The lowest BCUT2D eigenvalue weighted by atomic mass is 10.2. The topological polar surface area (TPSA) is 137 Å². The van der Waals surface area contributed by atoms with Gasteiger partial charge in [-0.15, -0.1) is 0 Å². The number of hydrogen-bond acceptors (Lipinski definition) is 8. The van der Waals surface area contributed by atoms with Gasteiger partial charge in [0.25, 0.3) is 0 Å². The minimum absolute atomic E-state index is 0.165. The van der Waals surface area contributed by atoms with Gasteiger partial charge in [-0.3, -0.25) is 4.57 Å². The Balaban J connectivity index is 1.54. The highest BCUT2D eigenvalue weighted by molar-refractivity contribution is 9.10.